The Morgan fingerprint density at radius 2 is 2.00 bits per heavy atom. The summed E-state index contributed by atoms with van der Waals surface area (Å²) in [4.78, 5) is 13.4. The molecule has 2 N–H and O–H groups in total. The Kier molecular flexibility index (Phi) is 5.86. The topological polar surface area (TPSA) is 53.6 Å². The first-order valence-electron chi connectivity index (χ1n) is 7.14. The van der Waals surface area contributed by atoms with E-state index in [1.807, 2.05) is 30.3 Å². The molecule has 1 aromatic carbocycles. The van der Waals surface area contributed by atoms with E-state index < -0.39 is 18.8 Å². The lowest BCUT2D eigenvalue weighted by atomic mass is 10.2. The second-order valence-corrected chi connectivity index (χ2v) is 5.06. The van der Waals surface area contributed by atoms with Gasteiger partial charge in [-0.15, -0.1) is 0 Å². The van der Waals surface area contributed by atoms with Crippen molar-refractivity contribution < 1.29 is 22.7 Å². The molecule has 0 unspecified atom stereocenters. The van der Waals surface area contributed by atoms with Crippen LogP contribution in [0.2, 0.25) is 0 Å². The normalized spacial score (nSPS) is 15.1. The van der Waals surface area contributed by atoms with E-state index in [9.17, 15) is 18.0 Å². The van der Waals surface area contributed by atoms with Gasteiger partial charge in [0, 0.05) is 25.2 Å². The Morgan fingerprint density at radius 3 is 2.61 bits per heavy atom. The van der Waals surface area contributed by atoms with Crippen LogP contribution in [-0.2, 0) is 11.3 Å². The van der Waals surface area contributed by atoms with Gasteiger partial charge in [-0.25, -0.2) is 10.2 Å². The van der Waals surface area contributed by atoms with Gasteiger partial charge in [0.25, 0.3) is 0 Å². The van der Waals surface area contributed by atoms with Crippen molar-refractivity contribution in [1.82, 2.24) is 15.8 Å². The lowest BCUT2D eigenvalue weighted by Gasteiger charge is -2.26. The van der Waals surface area contributed by atoms with Crippen molar-refractivity contribution in [3.8, 4) is 0 Å². The molecule has 23 heavy (non-hydrogen) atoms. The molecule has 126 valence electrons. The highest BCUT2D eigenvalue weighted by molar-refractivity contribution is 5.68. The van der Waals surface area contributed by atoms with Gasteiger partial charge < -0.3 is 15.1 Å². The zero-order chi connectivity index (χ0) is 16.7. The van der Waals surface area contributed by atoms with Crippen LogP contribution in [-0.4, -0.2) is 36.8 Å². The number of benzene rings is 1. The molecule has 0 bridgehead atoms. The number of carbonyl (C=O) groups excluding carboxylic acids is 1. The van der Waals surface area contributed by atoms with E-state index in [1.54, 1.807) is 6.08 Å². The van der Waals surface area contributed by atoms with E-state index in [4.69, 9.17) is 4.74 Å². The van der Waals surface area contributed by atoms with Gasteiger partial charge in [-0.1, -0.05) is 30.3 Å². The van der Waals surface area contributed by atoms with Crippen molar-refractivity contribution >= 4 is 6.09 Å². The monoisotopic (exact) mass is 329 g/mol. The molecule has 0 atom stereocenters. The van der Waals surface area contributed by atoms with Crippen LogP contribution < -0.4 is 10.9 Å². The van der Waals surface area contributed by atoms with Gasteiger partial charge in [0.2, 0.25) is 0 Å². The maximum atomic E-state index is 12.0. The van der Waals surface area contributed by atoms with Crippen molar-refractivity contribution in [2.45, 2.75) is 19.2 Å². The quantitative estimate of drug-likeness (QED) is 0.815. The summed E-state index contributed by atoms with van der Waals surface area (Å²) in [6.45, 7) is -0.241. The zero-order valence-corrected chi connectivity index (χ0v) is 12.4. The van der Waals surface area contributed by atoms with E-state index in [0.29, 0.717) is 25.2 Å². The van der Waals surface area contributed by atoms with Crippen LogP contribution in [0.15, 0.2) is 42.1 Å². The molecule has 1 aromatic rings. The number of rotatable bonds is 5. The SMILES string of the molecule is O=C(OCc1ccccc1)N1CC=C(NNCC(F)(F)F)CC1. The molecular formula is C15H18F3N3O2. The summed E-state index contributed by atoms with van der Waals surface area (Å²) in [5.74, 6) is 0. The van der Waals surface area contributed by atoms with E-state index in [-0.39, 0.29) is 6.61 Å². The highest BCUT2D eigenvalue weighted by atomic mass is 19.4. The van der Waals surface area contributed by atoms with Crippen LogP contribution >= 0.6 is 0 Å². The molecule has 0 saturated heterocycles. The van der Waals surface area contributed by atoms with E-state index in [0.717, 1.165) is 5.56 Å². The molecule has 0 spiro atoms. The van der Waals surface area contributed by atoms with Crippen molar-refractivity contribution in [2.24, 2.45) is 0 Å². The van der Waals surface area contributed by atoms with Crippen LogP contribution in [0.3, 0.4) is 0 Å². The maximum Gasteiger partial charge on any atom is 0.410 e. The van der Waals surface area contributed by atoms with E-state index in [2.05, 4.69) is 10.9 Å². The largest absolute Gasteiger partial charge is 0.445 e. The van der Waals surface area contributed by atoms with Gasteiger partial charge in [0.05, 0.1) is 0 Å². The van der Waals surface area contributed by atoms with Crippen molar-refractivity contribution in [2.75, 3.05) is 19.6 Å². The fraction of sp³-hybridized carbons (Fsp3) is 0.400. The van der Waals surface area contributed by atoms with Gasteiger partial charge in [0.1, 0.15) is 13.2 Å². The predicted molar refractivity (Wildman–Crippen MR) is 78.1 cm³/mol. The van der Waals surface area contributed by atoms with E-state index >= 15 is 0 Å². The second-order valence-electron chi connectivity index (χ2n) is 5.06. The van der Waals surface area contributed by atoms with Crippen LogP contribution in [0, 0.1) is 0 Å². The Labute approximate surface area is 132 Å². The summed E-state index contributed by atoms with van der Waals surface area (Å²) in [5.41, 5.74) is 6.14. The summed E-state index contributed by atoms with van der Waals surface area (Å²) in [6.07, 6.45) is -2.61. The first-order chi connectivity index (χ1) is 10.9. The Hall–Kier alpha value is -2.22. The highest BCUT2D eigenvalue weighted by Crippen LogP contribution is 2.13. The number of hydrazine groups is 1. The van der Waals surface area contributed by atoms with Crippen molar-refractivity contribution in [3.05, 3.63) is 47.7 Å². The Bertz CT molecular complexity index is 547. The predicted octanol–water partition coefficient (Wildman–Crippen LogP) is 2.57. The lowest BCUT2D eigenvalue weighted by molar-refractivity contribution is -0.126. The van der Waals surface area contributed by atoms with Gasteiger partial charge >= 0.3 is 12.3 Å². The van der Waals surface area contributed by atoms with Gasteiger partial charge in [-0.2, -0.15) is 13.2 Å². The third kappa shape index (κ3) is 6.19. The third-order valence-electron chi connectivity index (χ3n) is 3.21. The molecule has 1 heterocycles. The van der Waals surface area contributed by atoms with Crippen LogP contribution in [0.1, 0.15) is 12.0 Å². The number of alkyl halides is 3. The fourth-order valence-corrected chi connectivity index (χ4v) is 2.02. The Morgan fingerprint density at radius 1 is 1.26 bits per heavy atom. The summed E-state index contributed by atoms with van der Waals surface area (Å²) < 4.78 is 41.2. The standard InChI is InChI=1S/C15H18F3N3O2/c16-15(17,18)11-19-20-13-6-8-21(9-7-13)14(22)23-10-12-4-2-1-3-5-12/h1-6,19-20H,7-11H2. The maximum absolute atomic E-state index is 12.0. The average molecular weight is 329 g/mol. The zero-order valence-electron chi connectivity index (χ0n) is 12.4. The molecule has 1 aliphatic heterocycles. The molecule has 0 aromatic heterocycles. The van der Waals surface area contributed by atoms with Crippen molar-refractivity contribution in [1.29, 1.82) is 0 Å². The summed E-state index contributed by atoms with van der Waals surface area (Å²) in [7, 11) is 0. The van der Waals surface area contributed by atoms with Crippen molar-refractivity contribution in [3.63, 3.8) is 0 Å². The molecule has 8 heteroatoms. The number of amides is 1. The third-order valence-corrected chi connectivity index (χ3v) is 3.21. The molecule has 0 fully saturated rings. The smallest absolute Gasteiger partial charge is 0.410 e. The number of hydrogen-bond acceptors (Lipinski definition) is 4. The molecule has 1 aliphatic rings. The van der Waals surface area contributed by atoms with Crippen LogP contribution in [0.25, 0.3) is 0 Å². The first kappa shape index (κ1) is 17.1. The summed E-state index contributed by atoms with van der Waals surface area (Å²) in [6, 6.07) is 9.31. The lowest BCUT2D eigenvalue weighted by Crippen LogP contribution is -2.42. The summed E-state index contributed by atoms with van der Waals surface area (Å²) >= 11 is 0. The number of hydrogen-bond donors (Lipinski definition) is 2. The highest BCUT2D eigenvalue weighted by Gasteiger charge is 2.26. The Balaban J connectivity index is 1.71. The minimum Gasteiger partial charge on any atom is -0.445 e. The van der Waals surface area contributed by atoms with Crippen LogP contribution in [0.4, 0.5) is 18.0 Å². The number of halogens is 3. The second kappa shape index (κ2) is 7.87. The summed E-state index contributed by atoms with van der Waals surface area (Å²) in [5, 5.41) is 0. The van der Waals surface area contributed by atoms with Gasteiger partial charge in [0.15, 0.2) is 0 Å². The van der Waals surface area contributed by atoms with Gasteiger partial charge in [-0.05, 0) is 11.6 Å². The number of carbonyl (C=O) groups is 1. The minimum absolute atomic E-state index is 0.193. The molecule has 1 amide bonds. The molecule has 2 rings (SSSR count). The molecule has 0 aliphatic carbocycles. The van der Waals surface area contributed by atoms with Gasteiger partial charge in [-0.3, -0.25) is 0 Å². The van der Waals surface area contributed by atoms with Crippen LogP contribution in [0.5, 0.6) is 0 Å². The van der Waals surface area contributed by atoms with E-state index in [1.165, 1.54) is 4.90 Å². The average Bonchev–Trinajstić information content (AvgIpc) is 2.53. The number of nitrogens with one attached hydrogen (secondary N) is 2. The number of ether oxygens (including phenoxy) is 1. The minimum atomic E-state index is -4.27. The first-order valence-corrected chi connectivity index (χ1v) is 7.14. The molecule has 5 nitrogen and oxygen atoms in total. The molecule has 0 saturated carbocycles. The fourth-order valence-electron chi connectivity index (χ4n) is 2.02. The molecular weight excluding hydrogens is 311 g/mol. The molecule has 0 radical (unpaired) electrons. The number of nitrogens with zero attached hydrogens (tertiary/aromatic N) is 1.